The highest BCUT2D eigenvalue weighted by atomic mass is 35.5. The predicted octanol–water partition coefficient (Wildman–Crippen LogP) is 4.53. The second-order valence-electron chi connectivity index (χ2n) is 7.49. The normalized spacial score (nSPS) is 15.7. The maximum Gasteiger partial charge on any atom is 0.257 e. The lowest BCUT2D eigenvalue weighted by Gasteiger charge is -2.29. The number of carbonyl (C=O) groups is 1. The van der Waals surface area contributed by atoms with Crippen LogP contribution in [0, 0.1) is 5.92 Å². The molecule has 0 radical (unpaired) electrons. The van der Waals surface area contributed by atoms with Gasteiger partial charge in [0.1, 0.15) is 5.01 Å². The van der Waals surface area contributed by atoms with Crippen molar-refractivity contribution in [2.45, 2.75) is 24.7 Å². The van der Waals surface area contributed by atoms with Gasteiger partial charge in [0.05, 0.1) is 4.90 Å². The van der Waals surface area contributed by atoms with Crippen LogP contribution in [0.4, 0.5) is 5.13 Å². The molecule has 2 heterocycles. The zero-order chi connectivity index (χ0) is 22.0. The molecule has 0 spiro atoms. The van der Waals surface area contributed by atoms with Gasteiger partial charge in [0.25, 0.3) is 5.91 Å². The van der Waals surface area contributed by atoms with Gasteiger partial charge in [0, 0.05) is 29.2 Å². The fourth-order valence-corrected chi connectivity index (χ4v) is 5.71. The van der Waals surface area contributed by atoms with Crippen LogP contribution in [-0.4, -0.2) is 41.9 Å². The summed E-state index contributed by atoms with van der Waals surface area (Å²) in [4.78, 5) is 12.8. The third kappa shape index (κ3) is 4.95. The number of aromatic nitrogens is 2. The molecule has 1 aliphatic heterocycles. The summed E-state index contributed by atoms with van der Waals surface area (Å²) >= 11 is 7.13. The molecule has 10 heteroatoms. The molecule has 1 saturated heterocycles. The van der Waals surface area contributed by atoms with E-state index in [1.165, 1.54) is 27.8 Å². The Balaban J connectivity index is 1.49. The van der Waals surface area contributed by atoms with Gasteiger partial charge in [-0.1, -0.05) is 48.1 Å². The lowest BCUT2D eigenvalue weighted by Crippen LogP contribution is -2.37. The maximum atomic E-state index is 13.0. The van der Waals surface area contributed by atoms with E-state index in [1.54, 1.807) is 24.3 Å². The smallest absolute Gasteiger partial charge is 0.257 e. The van der Waals surface area contributed by atoms with Gasteiger partial charge in [-0.15, -0.1) is 10.2 Å². The van der Waals surface area contributed by atoms with Gasteiger partial charge in [0.15, 0.2) is 0 Å². The molecule has 31 heavy (non-hydrogen) atoms. The third-order valence-corrected chi connectivity index (χ3v) is 8.25. The second-order valence-corrected chi connectivity index (χ2v) is 10.8. The van der Waals surface area contributed by atoms with Crippen molar-refractivity contribution in [3.05, 3.63) is 59.1 Å². The molecule has 1 aliphatic rings. The van der Waals surface area contributed by atoms with Gasteiger partial charge in [-0.05, 0) is 49.1 Å². The Morgan fingerprint density at radius 3 is 2.55 bits per heavy atom. The van der Waals surface area contributed by atoms with Gasteiger partial charge in [0.2, 0.25) is 15.2 Å². The van der Waals surface area contributed by atoms with E-state index in [4.69, 9.17) is 11.6 Å². The van der Waals surface area contributed by atoms with Crippen molar-refractivity contribution in [1.82, 2.24) is 14.5 Å². The number of hydrogen-bond acceptors (Lipinski definition) is 6. The van der Waals surface area contributed by atoms with Crippen LogP contribution >= 0.6 is 22.9 Å². The summed E-state index contributed by atoms with van der Waals surface area (Å²) in [5, 5.41) is 12.4. The minimum Gasteiger partial charge on any atom is -0.296 e. The Kier molecular flexibility index (Phi) is 6.38. The van der Waals surface area contributed by atoms with E-state index in [0.717, 1.165) is 18.4 Å². The quantitative estimate of drug-likeness (QED) is 0.584. The van der Waals surface area contributed by atoms with E-state index >= 15 is 0 Å². The number of benzene rings is 2. The molecule has 4 rings (SSSR count). The molecule has 0 bridgehead atoms. The first-order chi connectivity index (χ1) is 14.8. The van der Waals surface area contributed by atoms with E-state index in [2.05, 4.69) is 22.4 Å². The van der Waals surface area contributed by atoms with Crippen molar-refractivity contribution in [2.75, 3.05) is 18.4 Å². The zero-order valence-corrected chi connectivity index (χ0v) is 19.2. The second kappa shape index (κ2) is 9.04. The predicted molar refractivity (Wildman–Crippen MR) is 122 cm³/mol. The summed E-state index contributed by atoms with van der Waals surface area (Å²) in [6.45, 7) is 3.12. The number of piperidine rings is 1. The van der Waals surface area contributed by atoms with Crippen molar-refractivity contribution in [2.24, 2.45) is 5.92 Å². The van der Waals surface area contributed by atoms with Crippen molar-refractivity contribution in [3.8, 4) is 10.6 Å². The highest BCUT2D eigenvalue weighted by Gasteiger charge is 2.28. The fraction of sp³-hybridized carbons (Fsp3) is 0.286. The summed E-state index contributed by atoms with van der Waals surface area (Å²) in [5.74, 6) is 0.0800. The molecule has 1 aromatic heterocycles. The van der Waals surface area contributed by atoms with Crippen molar-refractivity contribution in [3.63, 3.8) is 0 Å². The highest BCUT2D eigenvalue weighted by Crippen LogP contribution is 2.28. The number of amides is 1. The lowest BCUT2D eigenvalue weighted by atomic mass is 10.0. The molecular formula is C21H21ClN4O3S2. The van der Waals surface area contributed by atoms with Crippen LogP contribution in [0.3, 0.4) is 0 Å². The third-order valence-electron chi connectivity index (χ3n) is 5.21. The summed E-state index contributed by atoms with van der Waals surface area (Å²) in [6.07, 6.45) is 1.68. The minimum atomic E-state index is -3.63. The largest absolute Gasteiger partial charge is 0.296 e. The molecule has 0 aliphatic carbocycles. The molecule has 7 nitrogen and oxygen atoms in total. The Morgan fingerprint density at radius 2 is 1.84 bits per heavy atom. The molecule has 1 fully saturated rings. The van der Waals surface area contributed by atoms with Crippen LogP contribution in [0.5, 0.6) is 0 Å². The van der Waals surface area contributed by atoms with Crippen LogP contribution in [0.25, 0.3) is 10.6 Å². The Bertz CT molecular complexity index is 1190. The molecule has 3 aromatic rings. The number of nitrogens with one attached hydrogen (secondary N) is 1. The highest BCUT2D eigenvalue weighted by molar-refractivity contribution is 7.89. The van der Waals surface area contributed by atoms with Crippen LogP contribution in [0.2, 0.25) is 5.02 Å². The molecule has 1 amide bonds. The van der Waals surface area contributed by atoms with Crippen molar-refractivity contribution >= 4 is 44.0 Å². The summed E-state index contributed by atoms with van der Waals surface area (Å²) in [7, 11) is -3.63. The average Bonchev–Trinajstić information content (AvgIpc) is 3.23. The topological polar surface area (TPSA) is 92.3 Å². The van der Waals surface area contributed by atoms with Gasteiger partial charge in [-0.3, -0.25) is 10.1 Å². The van der Waals surface area contributed by atoms with Crippen LogP contribution in [0.1, 0.15) is 30.1 Å². The molecule has 0 saturated carbocycles. The molecule has 2 aromatic carbocycles. The van der Waals surface area contributed by atoms with E-state index in [9.17, 15) is 13.2 Å². The summed E-state index contributed by atoms with van der Waals surface area (Å²) in [6, 6.07) is 13.2. The van der Waals surface area contributed by atoms with Crippen molar-refractivity contribution < 1.29 is 13.2 Å². The van der Waals surface area contributed by atoms with Gasteiger partial charge < -0.3 is 0 Å². The first kappa shape index (κ1) is 21.9. The van der Waals surface area contributed by atoms with Crippen LogP contribution < -0.4 is 5.32 Å². The van der Waals surface area contributed by atoms with E-state index < -0.39 is 15.9 Å². The number of nitrogens with zero attached hydrogens (tertiary/aromatic N) is 3. The first-order valence-corrected chi connectivity index (χ1v) is 12.5. The monoisotopic (exact) mass is 476 g/mol. The molecule has 0 unspecified atom stereocenters. The number of anilines is 1. The number of rotatable bonds is 5. The lowest BCUT2D eigenvalue weighted by molar-refractivity contribution is 0.102. The average molecular weight is 477 g/mol. The fourth-order valence-electron chi connectivity index (χ4n) is 3.32. The summed E-state index contributed by atoms with van der Waals surface area (Å²) in [5.41, 5.74) is 1.08. The minimum absolute atomic E-state index is 0.119. The van der Waals surface area contributed by atoms with E-state index in [0.29, 0.717) is 34.2 Å². The van der Waals surface area contributed by atoms with Gasteiger partial charge in [-0.25, -0.2) is 8.42 Å². The number of hydrogen-bond donors (Lipinski definition) is 1. The van der Waals surface area contributed by atoms with Gasteiger partial charge in [-0.2, -0.15) is 4.31 Å². The van der Waals surface area contributed by atoms with E-state index in [1.807, 2.05) is 12.1 Å². The Morgan fingerprint density at radius 1 is 1.13 bits per heavy atom. The SMILES string of the molecule is CC1CCN(S(=O)(=O)c2cccc(C(=O)Nc3nnc(-c4ccc(Cl)cc4)s3)c2)CC1. The first-order valence-electron chi connectivity index (χ1n) is 9.84. The number of halogens is 1. The molecule has 1 N–H and O–H groups in total. The summed E-state index contributed by atoms with van der Waals surface area (Å²) < 4.78 is 27.4. The van der Waals surface area contributed by atoms with Crippen LogP contribution in [0.15, 0.2) is 53.4 Å². The molecule has 0 atom stereocenters. The Labute approximate surface area is 190 Å². The van der Waals surface area contributed by atoms with Gasteiger partial charge >= 0.3 is 0 Å². The van der Waals surface area contributed by atoms with Crippen molar-refractivity contribution in [1.29, 1.82) is 0 Å². The maximum absolute atomic E-state index is 13.0. The van der Waals surface area contributed by atoms with Crippen LogP contribution in [-0.2, 0) is 10.0 Å². The standard InChI is InChI=1S/C21H21ClN4O3S2/c1-14-9-11-26(12-10-14)31(28,29)18-4-2-3-16(13-18)19(27)23-21-25-24-20(30-21)15-5-7-17(22)8-6-15/h2-8,13-14H,9-12H2,1H3,(H,23,25,27). The number of sulfonamides is 1. The van der Waals surface area contributed by atoms with E-state index in [-0.39, 0.29) is 10.5 Å². The Hall–Kier alpha value is -2.33. The zero-order valence-electron chi connectivity index (χ0n) is 16.8. The molecular weight excluding hydrogens is 456 g/mol. The number of carbonyl (C=O) groups excluding carboxylic acids is 1. The molecule has 162 valence electrons.